The highest BCUT2D eigenvalue weighted by molar-refractivity contribution is 9.10. The zero-order valence-electron chi connectivity index (χ0n) is 9.74. The Morgan fingerprint density at radius 1 is 1.05 bits per heavy atom. The lowest BCUT2D eigenvalue weighted by Crippen LogP contribution is -1.93. The minimum Gasteiger partial charge on any atom is -0.289 e. The van der Waals surface area contributed by atoms with Crippen molar-refractivity contribution in [1.82, 2.24) is 0 Å². The van der Waals surface area contributed by atoms with Crippen molar-refractivity contribution in [2.75, 3.05) is 0 Å². The van der Waals surface area contributed by atoms with Crippen LogP contribution in [0, 0.1) is 5.82 Å². The summed E-state index contributed by atoms with van der Waals surface area (Å²) in [4.78, 5) is 11.9. The third-order valence-electron chi connectivity index (χ3n) is 2.48. The summed E-state index contributed by atoms with van der Waals surface area (Å²) in [6.07, 6.45) is 2.84. The highest BCUT2D eigenvalue weighted by atomic mass is 79.9. The fraction of sp³-hybridized carbons (Fsp3) is 0. The first-order valence-corrected chi connectivity index (χ1v) is 7.08. The maximum Gasteiger partial charge on any atom is 0.185 e. The molecule has 0 radical (unpaired) electrons. The Balaban J connectivity index is 2.23. The molecule has 0 saturated carbocycles. The monoisotopic (exact) mass is 382 g/mol. The topological polar surface area (TPSA) is 17.1 Å². The normalized spacial score (nSPS) is 10.9. The standard InChI is InChI=1S/C15H9Br2FO/c16-12-3-1-2-11(9-12)15(19)7-4-10-8-13(17)5-6-14(10)18/h1-9H/b7-4+. The Bertz CT molecular complexity index is 650. The molecule has 0 aliphatic rings. The minimum absolute atomic E-state index is 0.166. The van der Waals surface area contributed by atoms with Gasteiger partial charge in [0, 0.05) is 20.1 Å². The van der Waals surface area contributed by atoms with Crippen LogP contribution in [0.15, 0.2) is 57.5 Å². The molecule has 0 spiro atoms. The second kappa shape index (κ2) is 6.26. The Kier molecular flexibility index (Phi) is 4.66. The average molecular weight is 384 g/mol. The van der Waals surface area contributed by atoms with Gasteiger partial charge < -0.3 is 0 Å². The molecule has 0 saturated heterocycles. The van der Waals surface area contributed by atoms with Gasteiger partial charge in [0.25, 0.3) is 0 Å². The highest BCUT2D eigenvalue weighted by Crippen LogP contribution is 2.18. The summed E-state index contributed by atoms with van der Waals surface area (Å²) in [5.74, 6) is -0.526. The smallest absolute Gasteiger partial charge is 0.185 e. The second-order valence-electron chi connectivity index (χ2n) is 3.87. The van der Waals surface area contributed by atoms with Crippen LogP contribution in [0.4, 0.5) is 4.39 Å². The van der Waals surface area contributed by atoms with E-state index in [9.17, 15) is 9.18 Å². The molecule has 4 heteroatoms. The minimum atomic E-state index is -0.360. The van der Waals surface area contributed by atoms with Gasteiger partial charge in [-0.2, -0.15) is 0 Å². The molecule has 0 bridgehead atoms. The molecule has 0 aromatic heterocycles. The van der Waals surface area contributed by atoms with Gasteiger partial charge in [0.15, 0.2) is 5.78 Å². The Labute approximate surface area is 127 Å². The molecule has 0 atom stereocenters. The van der Waals surface area contributed by atoms with Crippen LogP contribution < -0.4 is 0 Å². The van der Waals surface area contributed by atoms with Gasteiger partial charge in [-0.15, -0.1) is 0 Å². The van der Waals surface area contributed by atoms with Crippen molar-refractivity contribution in [3.05, 3.63) is 74.4 Å². The summed E-state index contributed by atoms with van der Waals surface area (Å²) in [7, 11) is 0. The first-order chi connectivity index (χ1) is 9.06. The number of halogens is 3. The molecule has 2 aromatic rings. The van der Waals surface area contributed by atoms with Gasteiger partial charge >= 0.3 is 0 Å². The number of benzene rings is 2. The molecule has 0 fully saturated rings. The number of rotatable bonds is 3. The van der Waals surface area contributed by atoms with Gasteiger partial charge in [0.1, 0.15) is 5.82 Å². The molecule has 2 aromatic carbocycles. The van der Waals surface area contributed by atoms with E-state index in [1.165, 1.54) is 18.2 Å². The van der Waals surface area contributed by atoms with Crippen molar-refractivity contribution < 1.29 is 9.18 Å². The number of ketones is 1. The first kappa shape index (κ1) is 14.2. The molecule has 0 N–H and O–H groups in total. The first-order valence-electron chi connectivity index (χ1n) is 5.49. The van der Waals surface area contributed by atoms with Crippen molar-refractivity contribution in [2.45, 2.75) is 0 Å². The highest BCUT2D eigenvalue weighted by Gasteiger charge is 2.03. The summed E-state index contributed by atoms with van der Waals surface area (Å²) in [6.45, 7) is 0. The largest absolute Gasteiger partial charge is 0.289 e. The fourth-order valence-corrected chi connectivity index (χ4v) is 2.32. The molecule has 96 valence electrons. The van der Waals surface area contributed by atoms with E-state index in [1.807, 2.05) is 6.07 Å². The predicted molar refractivity (Wildman–Crippen MR) is 81.6 cm³/mol. The summed E-state index contributed by atoms with van der Waals surface area (Å²) < 4.78 is 15.1. The zero-order valence-corrected chi connectivity index (χ0v) is 12.9. The number of carbonyl (C=O) groups excluding carboxylic acids is 1. The number of hydrogen-bond acceptors (Lipinski definition) is 1. The van der Waals surface area contributed by atoms with E-state index < -0.39 is 0 Å². The molecular formula is C15H9Br2FO. The number of hydrogen-bond donors (Lipinski definition) is 0. The molecule has 1 nitrogen and oxygen atoms in total. The molecule has 0 unspecified atom stereocenters. The lowest BCUT2D eigenvalue weighted by Gasteiger charge is -1.99. The van der Waals surface area contributed by atoms with Crippen molar-refractivity contribution in [3.8, 4) is 0 Å². The lowest BCUT2D eigenvalue weighted by molar-refractivity contribution is 0.104. The molecule has 0 amide bonds. The van der Waals surface area contributed by atoms with Gasteiger partial charge in [-0.3, -0.25) is 4.79 Å². The van der Waals surface area contributed by atoms with Gasteiger partial charge in [-0.25, -0.2) is 4.39 Å². The number of carbonyl (C=O) groups is 1. The van der Waals surface area contributed by atoms with Gasteiger partial charge in [0.2, 0.25) is 0 Å². The Hall–Kier alpha value is -1.26. The van der Waals surface area contributed by atoms with Crippen LogP contribution >= 0.6 is 31.9 Å². The van der Waals surface area contributed by atoms with Crippen LogP contribution in [0.2, 0.25) is 0 Å². The molecule has 0 heterocycles. The summed E-state index contributed by atoms with van der Waals surface area (Å²) in [6, 6.07) is 11.7. The quantitative estimate of drug-likeness (QED) is 0.522. The van der Waals surface area contributed by atoms with E-state index in [4.69, 9.17) is 0 Å². The van der Waals surface area contributed by atoms with Crippen LogP contribution in [-0.4, -0.2) is 5.78 Å². The lowest BCUT2D eigenvalue weighted by atomic mass is 10.1. The fourth-order valence-electron chi connectivity index (χ4n) is 1.55. The van der Waals surface area contributed by atoms with Crippen LogP contribution in [0.3, 0.4) is 0 Å². The molecule has 2 rings (SSSR count). The van der Waals surface area contributed by atoms with Gasteiger partial charge in [0.05, 0.1) is 0 Å². The van der Waals surface area contributed by atoms with Crippen molar-refractivity contribution in [3.63, 3.8) is 0 Å². The van der Waals surface area contributed by atoms with E-state index in [-0.39, 0.29) is 11.6 Å². The van der Waals surface area contributed by atoms with E-state index >= 15 is 0 Å². The third-order valence-corrected chi connectivity index (χ3v) is 3.47. The second-order valence-corrected chi connectivity index (χ2v) is 5.71. The predicted octanol–water partition coefficient (Wildman–Crippen LogP) is 5.25. The molecule has 0 aliphatic carbocycles. The van der Waals surface area contributed by atoms with E-state index in [2.05, 4.69) is 31.9 Å². The third kappa shape index (κ3) is 3.85. The van der Waals surface area contributed by atoms with Crippen molar-refractivity contribution in [1.29, 1.82) is 0 Å². The van der Waals surface area contributed by atoms with Gasteiger partial charge in [-0.1, -0.05) is 44.0 Å². The van der Waals surface area contributed by atoms with Crippen LogP contribution in [0.5, 0.6) is 0 Å². The summed E-state index contributed by atoms with van der Waals surface area (Å²) >= 11 is 6.57. The molecule has 0 aliphatic heterocycles. The van der Waals surface area contributed by atoms with Gasteiger partial charge in [-0.05, 0) is 42.5 Å². The molecule has 19 heavy (non-hydrogen) atoms. The van der Waals surface area contributed by atoms with E-state index in [1.54, 1.807) is 30.3 Å². The zero-order chi connectivity index (χ0) is 13.8. The van der Waals surface area contributed by atoms with E-state index in [0.717, 1.165) is 8.95 Å². The van der Waals surface area contributed by atoms with E-state index in [0.29, 0.717) is 11.1 Å². The average Bonchev–Trinajstić information content (AvgIpc) is 2.39. The maximum atomic E-state index is 13.5. The summed E-state index contributed by atoms with van der Waals surface area (Å²) in [5, 5.41) is 0. The maximum absolute atomic E-state index is 13.5. The molecular weight excluding hydrogens is 375 g/mol. The summed E-state index contributed by atoms with van der Waals surface area (Å²) in [5.41, 5.74) is 0.929. The number of allylic oxidation sites excluding steroid dienone is 1. The SMILES string of the molecule is O=C(/C=C/c1cc(Br)ccc1F)c1cccc(Br)c1. The van der Waals surface area contributed by atoms with Crippen molar-refractivity contribution >= 4 is 43.7 Å². The Morgan fingerprint density at radius 2 is 1.79 bits per heavy atom. The van der Waals surface area contributed by atoms with Crippen LogP contribution in [0.1, 0.15) is 15.9 Å². The van der Waals surface area contributed by atoms with Crippen molar-refractivity contribution in [2.24, 2.45) is 0 Å². The Morgan fingerprint density at radius 3 is 2.53 bits per heavy atom. The van der Waals surface area contributed by atoms with Crippen LogP contribution in [0.25, 0.3) is 6.08 Å². The van der Waals surface area contributed by atoms with Crippen LogP contribution in [-0.2, 0) is 0 Å².